The van der Waals surface area contributed by atoms with Crippen molar-refractivity contribution in [2.24, 2.45) is 0 Å². The van der Waals surface area contributed by atoms with E-state index >= 15 is 0 Å². The Labute approximate surface area is 99.1 Å². The number of para-hydroxylation sites is 1. The van der Waals surface area contributed by atoms with Crippen LogP contribution < -0.4 is 4.74 Å². The lowest BCUT2D eigenvalue weighted by Gasteiger charge is -2.10. The minimum atomic E-state index is -0.584. The lowest BCUT2D eigenvalue weighted by Crippen LogP contribution is -2.16. The molecule has 1 aromatic rings. The standard InChI is InChI=1S/C11H12Cl2O2/c1-15-10-5-3-2-4-8(10)11(14)9(13)6-7-12/h2-5,9H,6-7H2,1H3. The van der Waals surface area contributed by atoms with Crippen molar-refractivity contribution >= 4 is 29.0 Å². The van der Waals surface area contributed by atoms with Crippen molar-refractivity contribution in [2.75, 3.05) is 13.0 Å². The molecule has 0 saturated heterocycles. The van der Waals surface area contributed by atoms with Crippen LogP contribution >= 0.6 is 23.2 Å². The zero-order chi connectivity index (χ0) is 11.3. The molecule has 0 amide bonds. The van der Waals surface area contributed by atoms with E-state index in [1.165, 1.54) is 7.11 Å². The summed E-state index contributed by atoms with van der Waals surface area (Å²) in [5, 5.41) is -0.584. The molecule has 1 rings (SSSR count). The maximum absolute atomic E-state index is 11.8. The highest BCUT2D eigenvalue weighted by molar-refractivity contribution is 6.34. The lowest BCUT2D eigenvalue weighted by atomic mass is 10.1. The minimum Gasteiger partial charge on any atom is -0.496 e. The number of ketones is 1. The molecule has 0 bridgehead atoms. The van der Waals surface area contributed by atoms with Crippen LogP contribution in [0, 0.1) is 0 Å². The van der Waals surface area contributed by atoms with Crippen LogP contribution in [0.2, 0.25) is 0 Å². The highest BCUT2D eigenvalue weighted by atomic mass is 35.5. The van der Waals surface area contributed by atoms with Gasteiger partial charge in [-0.25, -0.2) is 0 Å². The van der Waals surface area contributed by atoms with Crippen LogP contribution in [0.25, 0.3) is 0 Å². The number of alkyl halides is 2. The summed E-state index contributed by atoms with van der Waals surface area (Å²) in [5.74, 6) is 0.771. The molecule has 4 heteroatoms. The van der Waals surface area contributed by atoms with Crippen LogP contribution in [0.5, 0.6) is 5.75 Å². The van der Waals surface area contributed by atoms with Gasteiger partial charge in [0, 0.05) is 5.88 Å². The number of methoxy groups -OCH3 is 1. The zero-order valence-electron chi connectivity index (χ0n) is 8.37. The molecule has 0 aliphatic carbocycles. The molecule has 1 atom stereocenters. The minimum absolute atomic E-state index is 0.144. The summed E-state index contributed by atoms with van der Waals surface area (Å²) in [4.78, 5) is 11.8. The van der Waals surface area contributed by atoms with Crippen LogP contribution in [-0.4, -0.2) is 24.2 Å². The summed E-state index contributed by atoms with van der Waals surface area (Å²) in [6.07, 6.45) is 0.458. The van der Waals surface area contributed by atoms with Gasteiger partial charge >= 0.3 is 0 Å². The molecule has 0 N–H and O–H groups in total. The number of benzene rings is 1. The van der Waals surface area contributed by atoms with Gasteiger partial charge in [-0.3, -0.25) is 4.79 Å². The summed E-state index contributed by atoms with van der Waals surface area (Å²) < 4.78 is 5.08. The molecule has 0 aliphatic rings. The Kier molecular flexibility index (Phi) is 4.92. The Morgan fingerprint density at radius 1 is 1.47 bits per heavy atom. The molecule has 0 fully saturated rings. The van der Waals surface area contributed by atoms with Gasteiger partial charge in [-0.05, 0) is 18.6 Å². The lowest BCUT2D eigenvalue weighted by molar-refractivity contribution is 0.0983. The van der Waals surface area contributed by atoms with E-state index in [2.05, 4.69) is 0 Å². The number of rotatable bonds is 5. The molecule has 1 unspecified atom stereocenters. The average molecular weight is 247 g/mol. The summed E-state index contributed by atoms with van der Waals surface area (Å²) in [7, 11) is 1.52. The quantitative estimate of drug-likeness (QED) is 0.590. The fourth-order valence-corrected chi connectivity index (χ4v) is 1.80. The number of ether oxygens (including phenoxy) is 1. The normalized spacial score (nSPS) is 12.2. The Hall–Kier alpha value is -0.730. The summed E-state index contributed by atoms with van der Waals surface area (Å²) in [6.45, 7) is 0. The van der Waals surface area contributed by atoms with Crippen LogP contribution in [0.3, 0.4) is 0 Å². The van der Waals surface area contributed by atoms with Crippen LogP contribution in [-0.2, 0) is 0 Å². The van der Waals surface area contributed by atoms with E-state index in [1.807, 2.05) is 0 Å². The van der Waals surface area contributed by atoms with Gasteiger partial charge in [0.1, 0.15) is 5.75 Å². The van der Waals surface area contributed by atoms with Gasteiger partial charge in [0.25, 0.3) is 0 Å². The Morgan fingerprint density at radius 2 is 2.13 bits per heavy atom. The van der Waals surface area contributed by atoms with Crippen LogP contribution in [0.4, 0.5) is 0 Å². The van der Waals surface area contributed by atoms with E-state index in [4.69, 9.17) is 27.9 Å². The van der Waals surface area contributed by atoms with Gasteiger partial charge < -0.3 is 4.74 Å². The van der Waals surface area contributed by atoms with Gasteiger partial charge in [0.2, 0.25) is 0 Å². The Balaban J connectivity index is 2.90. The van der Waals surface area contributed by atoms with Gasteiger partial charge in [0.15, 0.2) is 5.78 Å². The summed E-state index contributed by atoms with van der Waals surface area (Å²) >= 11 is 11.4. The second-order valence-corrected chi connectivity index (χ2v) is 3.91. The summed E-state index contributed by atoms with van der Waals surface area (Å²) in [6, 6.07) is 7.02. The van der Waals surface area contributed by atoms with Gasteiger partial charge in [-0.2, -0.15) is 0 Å². The monoisotopic (exact) mass is 246 g/mol. The van der Waals surface area contributed by atoms with Crippen molar-refractivity contribution in [1.29, 1.82) is 0 Å². The highest BCUT2D eigenvalue weighted by Crippen LogP contribution is 2.21. The molecule has 0 aromatic heterocycles. The molecule has 82 valence electrons. The van der Waals surface area contributed by atoms with Crippen molar-refractivity contribution in [3.63, 3.8) is 0 Å². The topological polar surface area (TPSA) is 26.3 Å². The third-order valence-corrected chi connectivity index (χ3v) is 2.65. The fraction of sp³-hybridized carbons (Fsp3) is 0.364. The number of hydrogen-bond donors (Lipinski definition) is 0. The SMILES string of the molecule is COc1ccccc1C(=O)C(Cl)CCCl. The first kappa shape index (κ1) is 12.3. The van der Waals surface area contributed by atoms with Crippen molar-refractivity contribution in [3.8, 4) is 5.75 Å². The zero-order valence-corrected chi connectivity index (χ0v) is 9.89. The summed E-state index contributed by atoms with van der Waals surface area (Å²) in [5.41, 5.74) is 0.505. The molecule has 0 radical (unpaired) electrons. The molecule has 2 nitrogen and oxygen atoms in total. The number of Topliss-reactive ketones (excluding diaryl/α,β-unsaturated/α-hetero) is 1. The fourth-order valence-electron chi connectivity index (χ4n) is 1.24. The Morgan fingerprint density at radius 3 is 2.73 bits per heavy atom. The number of carbonyl (C=O) groups excluding carboxylic acids is 1. The average Bonchev–Trinajstić information content (AvgIpc) is 2.28. The molecule has 15 heavy (non-hydrogen) atoms. The van der Waals surface area contributed by atoms with Crippen molar-refractivity contribution in [3.05, 3.63) is 29.8 Å². The molecule has 0 aliphatic heterocycles. The van der Waals surface area contributed by atoms with Crippen molar-refractivity contribution in [1.82, 2.24) is 0 Å². The first-order valence-corrected chi connectivity index (χ1v) is 5.55. The largest absolute Gasteiger partial charge is 0.496 e. The molecule has 0 spiro atoms. The predicted molar refractivity (Wildman–Crippen MR) is 62.3 cm³/mol. The third-order valence-electron chi connectivity index (χ3n) is 2.02. The highest BCUT2D eigenvalue weighted by Gasteiger charge is 2.19. The van der Waals surface area contributed by atoms with Crippen molar-refractivity contribution in [2.45, 2.75) is 11.8 Å². The molecular formula is C11H12Cl2O2. The predicted octanol–water partition coefficient (Wildman–Crippen LogP) is 3.11. The Bertz CT molecular complexity index is 339. The second kappa shape index (κ2) is 5.99. The van der Waals surface area contributed by atoms with Crippen LogP contribution in [0.15, 0.2) is 24.3 Å². The first-order valence-electron chi connectivity index (χ1n) is 4.58. The van der Waals surface area contributed by atoms with Crippen LogP contribution in [0.1, 0.15) is 16.8 Å². The van der Waals surface area contributed by atoms with Gasteiger partial charge in [-0.1, -0.05) is 12.1 Å². The van der Waals surface area contributed by atoms with E-state index < -0.39 is 5.38 Å². The van der Waals surface area contributed by atoms with Crippen molar-refractivity contribution < 1.29 is 9.53 Å². The van der Waals surface area contributed by atoms with E-state index in [0.29, 0.717) is 23.6 Å². The van der Waals surface area contributed by atoms with E-state index in [0.717, 1.165) is 0 Å². The number of halogens is 2. The maximum atomic E-state index is 11.8. The molecule has 1 aromatic carbocycles. The third kappa shape index (κ3) is 3.11. The second-order valence-electron chi connectivity index (χ2n) is 3.01. The first-order chi connectivity index (χ1) is 7.20. The number of carbonyl (C=O) groups is 1. The smallest absolute Gasteiger partial charge is 0.184 e. The molecular weight excluding hydrogens is 235 g/mol. The molecule has 0 saturated carbocycles. The molecule has 0 heterocycles. The van der Waals surface area contributed by atoms with Gasteiger partial charge in [-0.15, -0.1) is 23.2 Å². The maximum Gasteiger partial charge on any atom is 0.184 e. The van der Waals surface area contributed by atoms with E-state index in [1.54, 1.807) is 24.3 Å². The van der Waals surface area contributed by atoms with E-state index in [9.17, 15) is 4.79 Å². The number of hydrogen-bond acceptors (Lipinski definition) is 2. The van der Waals surface area contributed by atoms with E-state index in [-0.39, 0.29) is 5.78 Å². The van der Waals surface area contributed by atoms with Gasteiger partial charge in [0.05, 0.1) is 18.1 Å².